The largest absolute Gasteiger partial charge is 0.396 e. The van der Waals surface area contributed by atoms with Crippen LogP contribution in [-0.2, 0) is 10.1 Å². The van der Waals surface area contributed by atoms with Gasteiger partial charge >= 0.3 is 15.9 Å². The molecular weight excluding hydrogens is 254 g/mol. The quantitative estimate of drug-likeness (QED) is 0.430. The second kappa shape index (κ2) is 4.77. The van der Waals surface area contributed by atoms with Crippen molar-refractivity contribution in [1.82, 2.24) is 9.55 Å². The van der Waals surface area contributed by atoms with E-state index in [1.165, 1.54) is 6.92 Å². The molecule has 0 fully saturated rings. The summed E-state index contributed by atoms with van der Waals surface area (Å²) in [4.78, 5) is 13.5. The van der Waals surface area contributed by atoms with Gasteiger partial charge in [-0.2, -0.15) is 13.0 Å². The Hall–Kier alpha value is -1.52. The Morgan fingerprint density at radius 2 is 2.24 bits per heavy atom. The van der Waals surface area contributed by atoms with Gasteiger partial charge in [-0.3, -0.25) is 4.55 Å². The van der Waals surface area contributed by atoms with Crippen molar-refractivity contribution in [2.45, 2.75) is 18.7 Å². The van der Waals surface area contributed by atoms with Crippen LogP contribution >= 0.6 is 0 Å². The van der Waals surface area contributed by atoms with Crippen molar-refractivity contribution in [3.05, 3.63) is 22.1 Å². The molecular formula is C7H11N3O6S. The Morgan fingerprint density at radius 3 is 2.65 bits per heavy atom. The van der Waals surface area contributed by atoms with Gasteiger partial charge in [0.15, 0.2) is 5.82 Å². The SMILES string of the molecule is Cc1ncc([N+](=O)[O-])n1C(CCO)S(=O)(=O)O. The van der Waals surface area contributed by atoms with Crippen LogP contribution in [0.5, 0.6) is 0 Å². The molecule has 1 heterocycles. The third kappa shape index (κ3) is 2.78. The summed E-state index contributed by atoms with van der Waals surface area (Å²) in [7, 11) is -4.57. The van der Waals surface area contributed by atoms with Crippen molar-refractivity contribution in [3.63, 3.8) is 0 Å². The predicted molar refractivity (Wildman–Crippen MR) is 55.9 cm³/mol. The zero-order valence-corrected chi connectivity index (χ0v) is 9.66. The van der Waals surface area contributed by atoms with Crippen LogP contribution in [0.1, 0.15) is 17.6 Å². The molecule has 1 atom stereocenters. The molecule has 0 spiro atoms. The van der Waals surface area contributed by atoms with Gasteiger partial charge in [0.05, 0.1) is 0 Å². The zero-order valence-electron chi connectivity index (χ0n) is 8.85. The summed E-state index contributed by atoms with van der Waals surface area (Å²) in [6, 6.07) is 0. The molecule has 1 aromatic heterocycles. The van der Waals surface area contributed by atoms with Crippen molar-refractivity contribution in [1.29, 1.82) is 0 Å². The lowest BCUT2D eigenvalue weighted by atomic mass is 10.4. The van der Waals surface area contributed by atoms with E-state index in [4.69, 9.17) is 9.66 Å². The van der Waals surface area contributed by atoms with Gasteiger partial charge in [-0.25, -0.2) is 4.98 Å². The van der Waals surface area contributed by atoms with Gasteiger partial charge in [0.2, 0.25) is 5.37 Å². The van der Waals surface area contributed by atoms with E-state index in [0.29, 0.717) is 0 Å². The van der Waals surface area contributed by atoms with Crippen molar-refractivity contribution in [2.75, 3.05) is 6.61 Å². The fourth-order valence-corrected chi connectivity index (χ4v) is 2.38. The molecule has 0 amide bonds. The van der Waals surface area contributed by atoms with E-state index in [-0.39, 0.29) is 12.2 Å². The summed E-state index contributed by atoms with van der Waals surface area (Å²) >= 11 is 0. The van der Waals surface area contributed by atoms with E-state index in [1.807, 2.05) is 0 Å². The Balaban J connectivity index is 3.37. The van der Waals surface area contributed by atoms with Gasteiger partial charge in [0.25, 0.3) is 0 Å². The second-order valence-corrected chi connectivity index (χ2v) is 4.85. The molecule has 0 aromatic carbocycles. The summed E-state index contributed by atoms with van der Waals surface area (Å²) in [5.41, 5.74) is 0. The van der Waals surface area contributed by atoms with Gasteiger partial charge in [-0.05, 0) is 4.92 Å². The minimum atomic E-state index is -4.57. The first-order chi connectivity index (χ1) is 7.79. The van der Waals surface area contributed by atoms with Crippen LogP contribution in [0.4, 0.5) is 5.82 Å². The summed E-state index contributed by atoms with van der Waals surface area (Å²) < 4.78 is 32.0. The van der Waals surface area contributed by atoms with Crippen molar-refractivity contribution in [2.24, 2.45) is 0 Å². The number of hydrogen-bond donors (Lipinski definition) is 2. The number of rotatable bonds is 5. The molecule has 17 heavy (non-hydrogen) atoms. The minimum Gasteiger partial charge on any atom is -0.396 e. The standard InChI is InChI=1S/C7H11N3O6S/c1-5-8-4-6(10(12)13)9(5)7(2-3-11)17(14,15)16/h4,7,11H,2-3H2,1H3,(H,14,15,16). The first kappa shape index (κ1) is 13.5. The second-order valence-electron chi connectivity index (χ2n) is 3.27. The van der Waals surface area contributed by atoms with Crippen molar-refractivity contribution in [3.8, 4) is 0 Å². The molecule has 0 bridgehead atoms. The third-order valence-electron chi connectivity index (χ3n) is 2.16. The molecule has 2 N–H and O–H groups in total. The summed E-state index contributed by atoms with van der Waals surface area (Å²) in [6.45, 7) is 0.821. The predicted octanol–water partition coefficient (Wildman–Crippen LogP) is -0.131. The molecule has 10 heteroatoms. The number of aryl methyl sites for hydroxylation is 1. The smallest absolute Gasteiger partial charge is 0.344 e. The molecule has 0 saturated carbocycles. The van der Waals surface area contributed by atoms with Gasteiger partial charge < -0.3 is 15.2 Å². The zero-order chi connectivity index (χ0) is 13.2. The van der Waals surface area contributed by atoms with Crippen LogP contribution in [0.3, 0.4) is 0 Å². The topological polar surface area (TPSA) is 136 Å². The highest BCUT2D eigenvalue weighted by Crippen LogP contribution is 2.26. The Bertz CT molecular complexity index is 522. The number of nitrogens with zero attached hydrogens (tertiary/aromatic N) is 3. The maximum absolute atomic E-state index is 11.1. The number of aromatic nitrogens is 2. The minimum absolute atomic E-state index is 0.0628. The maximum Gasteiger partial charge on any atom is 0.344 e. The molecule has 0 radical (unpaired) electrons. The number of aliphatic hydroxyl groups is 1. The van der Waals surface area contributed by atoms with Crippen LogP contribution in [0.15, 0.2) is 6.20 Å². The van der Waals surface area contributed by atoms with E-state index in [0.717, 1.165) is 10.8 Å². The highest BCUT2D eigenvalue weighted by molar-refractivity contribution is 7.85. The number of aliphatic hydroxyl groups excluding tert-OH is 1. The molecule has 0 aliphatic heterocycles. The van der Waals surface area contributed by atoms with Gasteiger partial charge in [-0.15, -0.1) is 0 Å². The Kier molecular flexibility index (Phi) is 3.80. The van der Waals surface area contributed by atoms with Crippen LogP contribution in [0.2, 0.25) is 0 Å². The summed E-state index contributed by atoms with van der Waals surface area (Å²) in [6.07, 6.45) is 0.530. The number of hydrogen-bond acceptors (Lipinski definition) is 6. The van der Waals surface area contributed by atoms with E-state index in [2.05, 4.69) is 4.98 Å². The molecule has 0 saturated heterocycles. The van der Waals surface area contributed by atoms with Crippen molar-refractivity contribution >= 4 is 15.9 Å². The molecule has 9 nitrogen and oxygen atoms in total. The molecule has 1 aromatic rings. The highest BCUT2D eigenvalue weighted by atomic mass is 32.2. The molecule has 1 unspecified atom stereocenters. The van der Waals surface area contributed by atoms with E-state index < -0.39 is 32.8 Å². The van der Waals surface area contributed by atoms with Crippen LogP contribution in [-0.4, -0.2) is 39.2 Å². The highest BCUT2D eigenvalue weighted by Gasteiger charge is 2.34. The number of imidazole rings is 1. The fourth-order valence-electron chi connectivity index (χ4n) is 1.45. The molecule has 0 aliphatic carbocycles. The van der Waals surface area contributed by atoms with Gasteiger partial charge in [-0.1, -0.05) is 0 Å². The normalized spacial score (nSPS) is 13.6. The van der Waals surface area contributed by atoms with E-state index in [9.17, 15) is 18.5 Å². The lowest BCUT2D eigenvalue weighted by Gasteiger charge is -2.12. The fraction of sp³-hybridized carbons (Fsp3) is 0.571. The first-order valence-electron chi connectivity index (χ1n) is 4.54. The third-order valence-corrected chi connectivity index (χ3v) is 3.29. The number of nitro groups is 1. The van der Waals surface area contributed by atoms with Gasteiger partial charge in [0, 0.05) is 20.0 Å². The monoisotopic (exact) mass is 265 g/mol. The maximum atomic E-state index is 11.1. The van der Waals surface area contributed by atoms with Crippen LogP contribution in [0.25, 0.3) is 0 Å². The Morgan fingerprint density at radius 1 is 1.65 bits per heavy atom. The molecule has 1 rings (SSSR count). The van der Waals surface area contributed by atoms with Crippen LogP contribution < -0.4 is 0 Å². The lowest BCUT2D eigenvalue weighted by Crippen LogP contribution is -2.22. The van der Waals surface area contributed by atoms with Crippen LogP contribution in [0, 0.1) is 17.0 Å². The average molecular weight is 265 g/mol. The molecule has 0 aliphatic rings. The van der Waals surface area contributed by atoms with Gasteiger partial charge in [0.1, 0.15) is 6.20 Å². The first-order valence-corrected chi connectivity index (χ1v) is 6.04. The summed E-state index contributed by atoms with van der Waals surface area (Å²) in [5, 5.41) is 17.8. The van der Waals surface area contributed by atoms with E-state index >= 15 is 0 Å². The molecule has 96 valence electrons. The lowest BCUT2D eigenvalue weighted by molar-refractivity contribution is -0.392. The average Bonchev–Trinajstić information content (AvgIpc) is 2.55. The van der Waals surface area contributed by atoms with Crippen molar-refractivity contribution < 1.29 is 23.0 Å². The van der Waals surface area contributed by atoms with E-state index in [1.54, 1.807) is 0 Å². The Labute approximate surface area is 96.6 Å². The summed E-state index contributed by atoms with van der Waals surface area (Å²) in [5.74, 6) is -0.494.